The van der Waals surface area contributed by atoms with Crippen LogP contribution in [0.5, 0.6) is 0 Å². The standard InChI is InChI=1S/C18H25N3O4/c1-18(2,3)15(22)11-14(17(24)25-6)19-20-16(23)12-7-9-13(10-8-12)21(4)5/h7-10H,11H2,1-6H3,(H,20,23)/b19-14+. The van der Waals surface area contributed by atoms with Gasteiger partial charge in [-0.15, -0.1) is 0 Å². The van der Waals surface area contributed by atoms with Gasteiger partial charge in [0.1, 0.15) is 5.78 Å². The van der Waals surface area contributed by atoms with Crippen LogP contribution in [0.2, 0.25) is 0 Å². The van der Waals surface area contributed by atoms with E-state index >= 15 is 0 Å². The molecule has 7 heteroatoms. The van der Waals surface area contributed by atoms with Crippen molar-refractivity contribution in [2.24, 2.45) is 10.5 Å². The third kappa shape index (κ3) is 6.02. The smallest absolute Gasteiger partial charge is 0.354 e. The Balaban J connectivity index is 2.90. The van der Waals surface area contributed by atoms with E-state index in [-0.39, 0.29) is 17.9 Å². The SMILES string of the molecule is COC(=O)/C(CC(=O)C(C)(C)C)=N/NC(=O)c1ccc(N(C)C)cc1. The largest absolute Gasteiger partial charge is 0.464 e. The van der Waals surface area contributed by atoms with Crippen LogP contribution in [0.15, 0.2) is 29.4 Å². The monoisotopic (exact) mass is 347 g/mol. The van der Waals surface area contributed by atoms with E-state index in [1.807, 2.05) is 19.0 Å². The van der Waals surface area contributed by atoms with Gasteiger partial charge in [-0.3, -0.25) is 9.59 Å². The summed E-state index contributed by atoms with van der Waals surface area (Å²) >= 11 is 0. The Morgan fingerprint density at radius 2 is 1.68 bits per heavy atom. The average Bonchev–Trinajstić information content (AvgIpc) is 2.56. The van der Waals surface area contributed by atoms with Crippen LogP contribution < -0.4 is 10.3 Å². The number of hydrazone groups is 1. The summed E-state index contributed by atoms with van der Waals surface area (Å²) < 4.78 is 4.63. The number of ketones is 1. The average molecular weight is 347 g/mol. The molecule has 25 heavy (non-hydrogen) atoms. The Morgan fingerprint density at radius 1 is 1.12 bits per heavy atom. The summed E-state index contributed by atoms with van der Waals surface area (Å²) in [6.45, 7) is 5.24. The van der Waals surface area contributed by atoms with E-state index in [0.717, 1.165) is 5.69 Å². The molecule has 0 heterocycles. The fourth-order valence-electron chi connectivity index (χ4n) is 1.79. The fraction of sp³-hybridized carbons (Fsp3) is 0.444. The van der Waals surface area contributed by atoms with Gasteiger partial charge in [0, 0.05) is 30.8 Å². The topological polar surface area (TPSA) is 88.1 Å². The van der Waals surface area contributed by atoms with Gasteiger partial charge in [0.15, 0.2) is 5.71 Å². The van der Waals surface area contributed by atoms with Crippen molar-refractivity contribution in [1.82, 2.24) is 5.43 Å². The summed E-state index contributed by atoms with van der Waals surface area (Å²) in [6.07, 6.45) is -0.212. The number of amides is 1. The predicted octanol–water partition coefficient (Wildman–Crippen LogP) is 2.02. The number of esters is 1. The predicted molar refractivity (Wildman–Crippen MR) is 96.8 cm³/mol. The molecule has 0 aliphatic heterocycles. The van der Waals surface area contributed by atoms with Gasteiger partial charge in [0.05, 0.1) is 13.5 Å². The van der Waals surface area contributed by atoms with Crippen LogP contribution in [0, 0.1) is 5.41 Å². The summed E-state index contributed by atoms with van der Waals surface area (Å²) in [4.78, 5) is 38.0. The summed E-state index contributed by atoms with van der Waals surface area (Å²) in [7, 11) is 4.99. The highest BCUT2D eigenvalue weighted by Crippen LogP contribution is 2.17. The summed E-state index contributed by atoms with van der Waals surface area (Å²) in [6, 6.07) is 6.89. The van der Waals surface area contributed by atoms with Crippen LogP contribution in [0.1, 0.15) is 37.6 Å². The van der Waals surface area contributed by atoms with Crippen molar-refractivity contribution in [3.05, 3.63) is 29.8 Å². The maximum atomic E-state index is 12.2. The van der Waals surface area contributed by atoms with E-state index in [1.54, 1.807) is 45.0 Å². The van der Waals surface area contributed by atoms with Gasteiger partial charge >= 0.3 is 5.97 Å². The molecule has 1 rings (SSSR count). The summed E-state index contributed by atoms with van der Waals surface area (Å²) in [5.74, 6) is -1.41. The Bertz CT molecular complexity index is 671. The highest BCUT2D eigenvalue weighted by Gasteiger charge is 2.26. The number of anilines is 1. The first-order chi connectivity index (χ1) is 11.6. The molecular weight excluding hydrogens is 322 g/mol. The van der Waals surface area contributed by atoms with E-state index in [9.17, 15) is 14.4 Å². The minimum absolute atomic E-state index is 0.138. The first-order valence-electron chi connectivity index (χ1n) is 7.82. The number of ether oxygens (including phenoxy) is 1. The van der Waals surface area contributed by atoms with Crippen molar-refractivity contribution in [1.29, 1.82) is 0 Å². The molecule has 0 unspecified atom stereocenters. The Morgan fingerprint density at radius 3 is 2.12 bits per heavy atom. The van der Waals surface area contributed by atoms with Gasteiger partial charge in [-0.25, -0.2) is 10.2 Å². The highest BCUT2D eigenvalue weighted by atomic mass is 16.5. The van der Waals surface area contributed by atoms with Crippen molar-refractivity contribution >= 4 is 29.1 Å². The lowest BCUT2D eigenvalue weighted by molar-refractivity contribution is -0.134. The second kappa shape index (κ2) is 8.41. The van der Waals surface area contributed by atoms with Crippen LogP contribution in [0.25, 0.3) is 0 Å². The number of carbonyl (C=O) groups excluding carboxylic acids is 3. The van der Waals surface area contributed by atoms with E-state index in [0.29, 0.717) is 5.56 Å². The minimum atomic E-state index is -0.749. The molecule has 1 aromatic carbocycles. The second-order valence-corrected chi connectivity index (χ2v) is 6.78. The van der Waals surface area contributed by atoms with E-state index in [4.69, 9.17) is 0 Å². The van der Waals surface area contributed by atoms with Crippen LogP contribution in [0.4, 0.5) is 5.69 Å². The Labute approximate surface area is 148 Å². The number of hydrogen-bond acceptors (Lipinski definition) is 6. The van der Waals surface area contributed by atoms with Crippen molar-refractivity contribution in [2.45, 2.75) is 27.2 Å². The van der Waals surface area contributed by atoms with Gasteiger partial charge in [0.25, 0.3) is 5.91 Å². The molecule has 0 aliphatic carbocycles. The minimum Gasteiger partial charge on any atom is -0.464 e. The third-order valence-corrected chi connectivity index (χ3v) is 3.52. The molecule has 1 aromatic rings. The quantitative estimate of drug-likeness (QED) is 0.483. The number of methoxy groups -OCH3 is 1. The highest BCUT2D eigenvalue weighted by molar-refractivity contribution is 6.40. The molecular formula is C18H25N3O4. The Hall–Kier alpha value is -2.70. The zero-order valence-corrected chi connectivity index (χ0v) is 15.5. The lowest BCUT2D eigenvalue weighted by atomic mass is 9.88. The van der Waals surface area contributed by atoms with Gasteiger partial charge in [-0.1, -0.05) is 20.8 Å². The molecule has 1 N–H and O–H groups in total. The summed E-state index contributed by atoms with van der Waals surface area (Å²) in [5, 5.41) is 3.79. The molecule has 0 radical (unpaired) electrons. The van der Waals surface area contributed by atoms with Gasteiger partial charge in [0.2, 0.25) is 0 Å². The lowest BCUT2D eigenvalue weighted by Crippen LogP contribution is -2.30. The molecule has 0 saturated heterocycles. The third-order valence-electron chi connectivity index (χ3n) is 3.52. The van der Waals surface area contributed by atoms with Crippen LogP contribution in [-0.4, -0.2) is 44.6 Å². The van der Waals surface area contributed by atoms with E-state index in [1.165, 1.54) is 7.11 Å². The number of Topliss-reactive ketones (excluding diaryl/α,β-unsaturated/α-hetero) is 1. The van der Waals surface area contributed by atoms with Crippen molar-refractivity contribution in [3.8, 4) is 0 Å². The molecule has 0 saturated carbocycles. The lowest BCUT2D eigenvalue weighted by Gasteiger charge is -2.16. The molecule has 0 fully saturated rings. The summed E-state index contributed by atoms with van der Waals surface area (Å²) in [5.41, 5.74) is 2.88. The second-order valence-electron chi connectivity index (χ2n) is 6.78. The van der Waals surface area contributed by atoms with E-state index in [2.05, 4.69) is 15.3 Å². The zero-order chi connectivity index (χ0) is 19.2. The van der Waals surface area contributed by atoms with Gasteiger partial charge in [-0.05, 0) is 24.3 Å². The van der Waals surface area contributed by atoms with Crippen LogP contribution in [0.3, 0.4) is 0 Å². The molecule has 0 atom stereocenters. The van der Waals surface area contributed by atoms with Gasteiger partial charge in [-0.2, -0.15) is 5.10 Å². The van der Waals surface area contributed by atoms with Crippen LogP contribution >= 0.6 is 0 Å². The first kappa shape index (κ1) is 20.3. The van der Waals surface area contributed by atoms with Crippen molar-refractivity contribution < 1.29 is 19.1 Å². The Kier molecular flexibility index (Phi) is 6.85. The molecule has 7 nitrogen and oxygen atoms in total. The van der Waals surface area contributed by atoms with Crippen molar-refractivity contribution in [2.75, 3.05) is 26.1 Å². The normalized spacial score (nSPS) is 11.7. The maximum Gasteiger partial charge on any atom is 0.354 e. The maximum absolute atomic E-state index is 12.2. The van der Waals surface area contributed by atoms with Crippen LogP contribution in [-0.2, 0) is 14.3 Å². The number of carbonyl (C=O) groups is 3. The molecule has 0 aromatic heterocycles. The zero-order valence-electron chi connectivity index (χ0n) is 15.5. The molecule has 0 aliphatic rings. The van der Waals surface area contributed by atoms with Gasteiger partial charge < -0.3 is 9.64 Å². The number of nitrogens with zero attached hydrogens (tertiary/aromatic N) is 2. The molecule has 0 spiro atoms. The number of rotatable bonds is 6. The fourth-order valence-corrected chi connectivity index (χ4v) is 1.79. The molecule has 1 amide bonds. The van der Waals surface area contributed by atoms with Crippen molar-refractivity contribution in [3.63, 3.8) is 0 Å². The molecule has 136 valence electrons. The number of benzene rings is 1. The molecule has 0 bridgehead atoms. The number of nitrogens with one attached hydrogen (secondary N) is 1. The number of hydrogen-bond donors (Lipinski definition) is 1. The van der Waals surface area contributed by atoms with E-state index < -0.39 is 17.3 Å². The first-order valence-corrected chi connectivity index (χ1v) is 7.82.